The van der Waals surface area contributed by atoms with Crippen molar-refractivity contribution in [3.8, 4) is 11.1 Å². The largest absolute Gasteiger partial charge is 0.478 e. The zero-order chi connectivity index (χ0) is 13.3. The van der Waals surface area contributed by atoms with Crippen molar-refractivity contribution in [1.82, 2.24) is 0 Å². The van der Waals surface area contributed by atoms with Gasteiger partial charge in [0, 0.05) is 0 Å². The van der Waals surface area contributed by atoms with Crippen molar-refractivity contribution < 1.29 is 18.7 Å². The highest BCUT2D eigenvalue weighted by molar-refractivity contribution is 5.96. The number of hydrogen-bond donors (Lipinski definition) is 1. The maximum atomic E-state index is 13.2. The van der Waals surface area contributed by atoms with E-state index in [1.165, 1.54) is 12.1 Å². The number of carbonyl (C=O) groups is 1. The quantitative estimate of drug-likeness (QED) is 0.880. The summed E-state index contributed by atoms with van der Waals surface area (Å²) in [4.78, 5) is 11.1. The van der Waals surface area contributed by atoms with E-state index in [0.717, 1.165) is 17.7 Å². The Morgan fingerprint density at radius 2 is 1.78 bits per heavy atom. The number of rotatable bonds is 2. The molecule has 0 unspecified atom stereocenters. The molecule has 0 aromatic heterocycles. The Kier molecular flexibility index (Phi) is 3.10. The van der Waals surface area contributed by atoms with Crippen LogP contribution in [0, 0.1) is 18.6 Å². The predicted octanol–water partition coefficient (Wildman–Crippen LogP) is 3.64. The van der Waals surface area contributed by atoms with Gasteiger partial charge in [0.15, 0.2) is 11.6 Å². The summed E-state index contributed by atoms with van der Waals surface area (Å²) in [6.07, 6.45) is 0. The first-order valence-electron chi connectivity index (χ1n) is 5.28. The summed E-state index contributed by atoms with van der Waals surface area (Å²) in [6, 6.07) is 8.09. The second-order valence-electron chi connectivity index (χ2n) is 3.98. The number of carboxylic acids is 1. The molecule has 0 bridgehead atoms. The molecule has 0 saturated carbocycles. The minimum Gasteiger partial charge on any atom is -0.478 e. The molecule has 18 heavy (non-hydrogen) atoms. The summed E-state index contributed by atoms with van der Waals surface area (Å²) in [6.45, 7) is 1.80. The van der Waals surface area contributed by atoms with Crippen molar-refractivity contribution >= 4 is 5.97 Å². The van der Waals surface area contributed by atoms with Gasteiger partial charge in [0.05, 0.1) is 5.56 Å². The standard InChI is InChI=1S/C14H10F2O2/c1-8-2-4-10(14(17)18)11(6-8)9-3-5-12(15)13(16)7-9/h2-7H,1H3,(H,17,18). The summed E-state index contributed by atoms with van der Waals surface area (Å²) >= 11 is 0. The topological polar surface area (TPSA) is 37.3 Å². The van der Waals surface area contributed by atoms with E-state index in [-0.39, 0.29) is 5.56 Å². The third-order valence-electron chi connectivity index (χ3n) is 2.64. The second-order valence-corrected chi connectivity index (χ2v) is 3.98. The van der Waals surface area contributed by atoms with Gasteiger partial charge in [-0.05, 0) is 36.2 Å². The summed E-state index contributed by atoms with van der Waals surface area (Å²) < 4.78 is 26.0. The van der Waals surface area contributed by atoms with E-state index in [0.29, 0.717) is 11.1 Å². The van der Waals surface area contributed by atoms with Crippen molar-refractivity contribution in [3.05, 3.63) is 59.2 Å². The Balaban J connectivity index is 2.65. The van der Waals surface area contributed by atoms with Crippen LogP contribution in [-0.4, -0.2) is 11.1 Å². The maximum Gasteiger partial charge on any atom is 0.336 e. The molecule has 0 saturated heterocycles. The molecule has 2 nitrogen and oxygen atoms in total. The SMILES string of the molecule is Cc1ccc(C(=O)O)c(-c2ccc(F)c(F)c2)c1. The molecule has 0 atom stereocenters. The molecule has 0 fully saturated rings. The molecule has 0 aliphatic heterocycles. The molecule has 0 aliphatic carbocycles. The summed E-state index contributed by atoms with van der Waals surface area (Å²) in [5, 5.41) is 9.07. The van der Waals surface area contributed by atoms with E-state index >= 15 is 0 Å². The average molecular weight is 248 g/mol. The van der Waals surface area contributed by atoms with Crippen LogP contribution in [0.4, 0.5) is 8.78 Å². The van der Waals surface area contributed by atoms with E-state index in [1.54, 1.807) is 19.1 Å². The number of aromatic carboxylic acids is 1. The molecule has 4 heteroatoms. The van der Waals surface area contributed by atoms with Gasteiger partial charge in [-0.15, -0.1) is 0 Å². The van der Waals surface area contributed by atoms with E-state index in [1.807, 2.05) is 0 Å². The van der Waals surface area contributed by atoms with Crippen molar-refractivity contribution in [3.63, 3.8) is 0 Å². The van der Waals surface area contributed by atoms with Crippen molar-refractivity contribution in [2.45, 2.75) is 6.92 Å². The van der Waals surface area contributed by atoms with Crippen molar-refractivity contribution in [1.29, 1.82) is 0 Å². The molecular weight excluding hydrogens is 238 g/mol. The van der Waals surface area contributed by atoms with E-state index in [4.69, 9.17) is 5.11 Å². The third kappa shape index (κ3) is 2.22. The van der Waals surface area contributed by atoms with Crippen LogP contribution in [0.3, 0.4) is 0 Å². The fourth-order valence-corrected chi connectivity index (χ4v) is 1.75. The van der Waals surface area contributed by atoms with Gasteiger partial charge in [-0.25, -0.2) is 13.6 Å². The van der Waals surface area contributed by atoms with Crippen molar-refractivity contribution in [2.24, 2.45) is 0 Å². The number of halogens is 2. The highest BCUT2D eigenvalue weighted by Crippen LogP contribution is 2.26. The Labute approximate surface area is 103 Å². The van der Waals surface area contributed by atoms with E-state index < -0.39 is 17.6 Å². The van der Waals surface area contributed by atoms with Crippen LogP contribution in [0.15, 0.2) is 36.4 Å². The lowest BCUT2D eigenvalue weighted by Gasteiger charge is -2.08. The van der Waals surface area contributed by atoms with Gasteiger partial charge >= 0.3 is 5.97 Å². The first kappa shape index (κ1) is 12.2. The van der Waals surface area contributed by atoms with E-state index in [2.05, 4.69) is 0 Å². The molecule has 0 radical (unpaired) electrons. The number of benzene rings is 2. The molecule has 0 amide bonds. The van der Waals surface area contributed by atoms with Gasteiger partial charge in [-0.3, -0.25) is 0 Å². The normalized spacial score (nSPS) is 10.4. The highest BCUT2D eigenvalue weighted by Gasteiger charge is 2.13. The minimum atomic E-state index is -1.10. The van der Waals surface area contributed by atoms with Crippen LogP contribution in [-0.2, 0) is 0 Å². The lowest BCUT2D eigenvalue weighted by molar-refractivity contribution is 0.0697. The van der Waals surface area contributed by atoms with Gasteiger partial charge in [-0.1, -0.05) is 23.8 Å². The molecular formula is C14H10F2O2. The summed E-state index contributed by atoms with van der Waals surface area (Å²) in [7, 11) is 0. The first-order chi connectivity index (χ1) is 8.49. The van der Waals surface area contributed by atoms with Crippen LogP contribution >= 0.6 is 0 Å². The average Bonchev–Trinajstić information content (AvgIpc) is 2.32. The van der Waals surface area contributed by atoms with Gasteiger partial charge in [0.2, 0.25) is 0 Å². The molecule has 0 aliphatic rings. The predicted molar refractivity (Wildman–Crippen MR) is 63.5 cm³/mol. The number of hydrogen-bond acceptors (Lipinski definition) is 1. The Morgan fingerprint density at radius 1 is 1.06 bits per heavy atom. The zero-order valence-corrected chi connectivity index (χ0v) is 9.58. The second kappa shape index (κ2) is 4.56. The van der Waals surface area contributed by atoms with Gasteiger partial charge in [0.25, 0.3) is 0 Å². The van der Waals surface area contributed by atoms with Crippen molar-refractivity contribution in [2.75, 3.05) is 0 Å². The smallest absolute Gasteiger partial charge is 0.336 e. The third-order valence-corrected chi connectivity index (χ3v) is 2.64. The molecule has 0 heterocycles. The lowest BCUT2D eigenvalue weighted by Crippen LogP contribution is -2.00. The van der Waals surface area contributed by atoms with Crippen LogP contribution < -0.4 is 0 Å². The van der Waals surface area contributed by atoms with Gasteiger partial charge < -0.3 is 5.11 Å². The molecule has 2 aromatic rings. The molecule has 92 valence electrons. The fourth-order valence-electron chi connectivity index (χ4n) is 1.75. The minimum absolute atomic E-state index is 0.0617. The monoisotopic (exact) mass is 248 g/mol. The number of carboxylic acid groups (broad SMARTS) is 1. The lowest BCUT2D eigenvalue weighted by atomic mass is 9.97. The van der Waals surface area contributed by atoms with Crippen LogP contribution in [0.5, 0.6) is 0 Å². The Morgan fingerprint density at radius 3 is 2.39 bits per heavy atom. The molecule has 2 aromatic carbocycles. The Hall–Kier alpha value is -2.23. The van der Waals surface area contributed by atoms with Crippen LogP contribution in [0.25, 0.3) is 11.1 Å². The van der Waals surface area contributed by atoms with Gasteiger partial charge in [0.1, 0.15) is 0 Å². The molecule has 0 spiro atoms. The molecule has 2 rings (SSSR count). The van der Waals surface area contributed by atoms with Crippen LogP contribution in [0.1, 0.15) is 15.9 Å². The summed E-state index contributed by atoms with van der Waals surface area (Å²) in [5.41, 5.74) is 1.63. The first-order valence-corrected chi connectivity index (χ1v) is 5.28. The van der Waals surface area contributed by atoms with Crippen LogP contribution in [0.2, 0.25) is 0 Å². The fraction of sp³-hybridized carbons (Fsp3) is 0.0714. The highest BCUT2D eigenvalue weighted by atomic mass is 19.2. The zero-order valence-electron chi connectivity index (χ0n) is 9.58. The molecule has 1 N–H and O–H groups in total. The maximum absolute atomic E-state index is 13.2. The summed E-state index contributed by atoms with van der Waals surface area (Å²) in [5.74, 6) is -3.05. The van der Waals surface area contributed by atoms with E-state index in [9.17, 15) is 13.6 Å². The Bertz CT molecular complexity index is 621. The number of aryl methyl sites for hydroxylation is 1. The van der Waals surface area contributed by atoms with Gasteiger partial charge in [-0.2, -0.15) is 0 Å².